The Labute approximate surface area is 202 Å². The summed E-state index contributed by atoms with van der Waals surface area (Å²) < 4.78 is 0. The lowest BCUT2D eigenvalue weighted by molar-refractivity contribution is -0.133. The Balaban J connectivity index is 1.42. The van der Waals surface area contributed by atoms with E-state index in [0.29, 0.717) is 26.2 Å². The summed E-state index contributed by atoms with van der Waals surface area (Å²) in [5.41, 5.74) is 2.08. The molecule has 8 heteroatoms. The molecule has 1 aromatic heterocycles. The largest absolute Gasteiger partial charge is 0.338 e. The molecule has 2 aliphatic heterocycles. The van der Waals surface area contributed by atoms with Crippen molar-refractivity contribution in [1.29, 1.82) is 0 Å². The second kappa shape index (κ2) is 11.9. The van der Waals surface area contributed by atoms with Crippen molar-refractivity contribution in [3.05, 3.63) is 48.3 Å². The van der Waals surface area contributed by atoms with E-state index in [1.54, 1.807) is 19.3 Å². The highest BCUT2D eigenvalue weighted by Gasteiger charge is 2.25. The lowest BCUT2D eigenvalue weighted by Gasteiger charge is -2.36. The summed E-state index contributed by atoms with van der Waals surface area (Å²) in [6, 6.07) is 9.95. The van der Waals surface area contributed by atoms with E-state index in [2.05, 4.69) is 25.8 Å². The predicted octanol–water partition coefficient (Wildman–Crippen LogP) is 2.94. The molecule has 3 heterocycles. The Morgan fingerprint density at radius 3 is 2.24 bits per heavy atom. The van der Waals surface area contributed by atoms with Gasteiger partial charge in [-0.05, 0) is 37.1 Å². The summed E-state index contributed by atoms with van der Waals surface area (Å²) in [6.45, 7) is 7.19. The molecular formula is C26H36N6O2. The predicted molar refractivity (Wildman–Crippen MR) is 134 cm³/mol. The number of anilines is 2. The van der Waals surface area contributed by atoms with Gasteiger partial charge in [-0.25, -0.2) is 9.97 Å². The molecule has 2 amide bonds. The number of fused-ring (bicyclic) bond motifs is 1. The molecule has 0 saturated carbocycles. The van der Waals surface area contributed by atoms with Gasteiger partial charge in [0.2, 0.25) is 17.8 Å². The van der Waals surface area contributed by atoms with Gasteiger partial charge in [0, 0.05) is 64.3 Å². The summed E-state index contributed by atoms with van der Waals surface area (Å²) in [6.07, 6.45) is 9.06. The monoisotopic (exact) mass is 464 g/mol. The second-order valence-electron chi connectivity index (χ2n) is 9.19. The Morgan fingerprint density at radius 1 is 0.824 bits per heavy atom. The fourth-order valence-electron chi connectivity index (χ4n) is 4.85. The van der Waals surface area contributed by atoms with Crippen molar-refractivity contribution in [1.82, 2.24) is 19.8 Å². The maximum absolute atomic E-state index is 13.2. The minimum absolute atomic E-state index is 0.0763. The van der Waals surface area contributed by atoms with Gasteiger partial charge in [-0.2, -0.15) is 0 Å². The van der Waals surface area contributed by atoms with Crippen LogP contribution in [0.5, 0.6) is 0 Å². The van der Waals surface area contributed by atoms with Crippen molar-refractivity contribution in [3.63, 3.8) is 0 Å². The third-order valence-corrected chi connectivity index (χ3v) is 6.74. The smallest absolute Gasteiger partial charge is 0.236 e. The molecular weight excluding hydrogens is 428 g/mol. The van der Waals surface area contributed by atoms with Gasteiger partial charge in [0.1, 0.15) is 0 Å². The molecule has 34 heavy (non-hydrogen) atoms. The molecule has 1 fully saturated rings. The first-order valence-electron chi connectivity index (χ1n) is 12.5. The van der Waals surface area contributed by atoms with Crippen LogP contribution < -0.4 is 9.80 Å². The van der Waals surface area contributed by atoms with Gasteiger partial charge in [0.05, 0.1) is 6.54 Å². The van der Waals surface area contributed by atoms with Gasteiger partial charge in [-0.1, -0.05) is 37.5 Å². The van der Waals surface area contributed by atoms with Crippen LogP contribution in [0.2, 0.25) is 0 Å². The van der Waals surface area contributed by atoms with E-state index in [1.807, 2.05) is 34.1 Å². The Hall–Kier alpha value is -3.00. The fraction of sp³-hybridized carbons (Fsp3) is 0.538. The van der Waals surface area contributed by atoms with Crippen molar-refractivity contribution in [2.24, 2.45) is 0 Å². The summed E-state index contributed by atoms with van der Waals surface area (Å²) in [5, 5.41) is 0. The Morgan fingerprint density at radius 2 is 1.50 bits per heavy atom. The number of nitrogens with zero attached hydrogens (tertiary/aromatic N) is 6. The average molecular weight is 465 g/mol. The van der Waals surface area contributed by atoms with Crippen LogP contribution >= 0.6 is 0 Å². The first kappa shape index (κ1) is 24.1. The van der Waals surface area contributed by atoms with Gasteiger partial charge < -0.3 is 14.7 Å². The van der Waals surface area contributed by atoms with E-state index in [4.69, 9.17) is 0 Å². The lowest BCUT2D eigenvalue weighted by atomic mass is 10.1. The van der Waals surface area contributed by atoms with Crippen molar-refractivity contribution >= 4 is 23.5 Å². The van der Waals surface area contributed by atoms with E-state index in [1.165, 1.54) is 6.42 Å². The topological polar surface area (TPSA) is 72.9 Å². The van der Waals surface area contributed by atoms with Crippen molar-refractivity contribution in [3.8, 4) is 0 Å². The Kier molecular flexibility index (Phi) is 8.46. The number of para-hydroxylation sites is 1. The molecule has 0 N–H and O–H groups in total. The molecule has 0 bridgehead atoms. The van der Waals surface area contributed by atoms with Crippen molar-refractivity contribution in [2.75, 3.05) is 55.6 Å². The number of piperazine rings is 1. The zero-order chi connectivity index (χ0) is 23.8. The number of amides is 2. The molecule has 0 spiro atoms. The molecule has 1 saturated heterocycles. The summed E-state index contributed by atoms with van der Waals surface area (Å²) in [7, 11) is 0. The molecule has 0 atom stereocenters. The molecule has 0 radical (unpaired) electrons. The molecule has 0 unspecified atom stereocenters. The van der Waals surface area contributed by atoms with Crippen LogP contribution in [0.25, 0.3) is 0 Å². The van der Waals surface area contributed by atoms with Crippen LogP contribution in [0.3, 0.4) is 0 Å². The molecule has 182 valence electrons. The lowest BCUT2D eigenvalue weighted by Crippen LogP contribution is -2.51. The van der Waals surface area contributed by atoms with Gasteiger partial charge in [0.25, 0.3) is 0 Å². The van der Waals surface area contributed by atoms with Crippen LogP contribution in [0.1, 0.15) is 44.6 Å². The highest BCUT2D eigenvalue weighted by molar-refractivity contribution is 5.92. The number of carbonyl (C=O) groups is 2. The molecule has 8 nitrogen and oxygen atoms in total. The average Bonchev–Trinajstić information content (AvgIpc) is 2.85. The zero-order valence-corrected chi connectivity index (χ0v) is 20.2. The highest BCUT2D eigenvalue weighted by Crippen LogP contribution is 2.24. The minimum atomic E-state index is 0.0763. The highest BCUT2D eigenvalue weighted by atomic mass is 16.2. The normalized spacial score (nSPS) is 18.6. The van der Waals surface area contributed by atoms with E-state index < -0.39 is 0 Å². The van der Waals surface area contributed by atoms with Gasteiger partial charge in [-0.15, -0.1) is 0 Å². The number of rotatable bonds is 3. The third-order valence-electron chi connectivity index (χ3n) is 6.74. The number of benzene rings is 1. The van der Waals surface area contributed by atoms with Gasteiger partial charge in [0.15, 0.2) is 0 Å². The van der Waals surface area contributed by atoms with Crippen LogP contribution in [0.15, 0.2) is 42.7 Å². The summed E-state index contributed by atoms with van der Waals surface area (Å²) in [4.78, 5) is 42.6. The van der Waals surface area contributed by atoms with Crippen LogP contribution in [0.4, 0.5) is 11.6 Å². The second-order valence-corrected chi connectivity index (χ2v) is 9.19. The third kappa shape index (κ3) is 6.32. The number of hydrogen-bond donors (Lipinski definition) is 0. The van der Waals surface area contributed by atoms with E-state index in [0.717, 1.165) is 69.1 Å². The summed E-state index contributed by atoms with van der Waals surface area (Å²) >= 11 is 0. The molecule has 1 aromatic carbocycles. The van der Waals surface area contributed by atoms with Gasteiger partial charge >= 0.3 is 0 Å². The van der Waals surface area contributed by atoms with Crippen LogP contribution in [-0.4, -0.2) is 77.4 Å². The minimum Gasteiger partial charge on any atom is -0.338 e. The Bertz CT molecular complexity index is 945. The maximum atomic E-state index is 13.2. The summed E-state index contributed by atoms with van der Waals surface area (Å²) in [5.74, 6) is 0.971. The van der Waals surface area contributed by atoms with E-state index in [9.17, 15) is 9.59 Å². The molecule has 4 rings (SSSR count). The molecule has 0 aliphatic carbocycles. The number of hydrogen-bond acceptors (Lipinski definition) is 6. The van der Waals surface area contributed by atoms with E-state index >= 15 is 0 Å². The standard InChI is InChI=1S/C26H36N6O2/c1-22(33)32-15-8-4-2-3-7-14-29(20-23-10-5-6-11-24(23)32)21-25(34)30-16-18-31(19-17-30)26-27-12-9-13-28-26/h5-6,9-13H,2-4,7-8,14-21H2,1H3. The van der Waals surface area contributed by atoms with Crippen molar-refractivity contribution < 1.29 is 9.59 Å². The van der Waals surface area contributed by atoms with E-state index in [-0.39, 0.29) is 11.8 Å². The first-order chi connectivity index (χ1) is 16.6. The number of carbonyl (C=O) groups excluding carboxylic acids is 2. The SMILES string of the molecule is CC(=O)N1CCCCCCCN(CC(=O)N2CCN(c3ncccn3)CC2)Cc2ccccc21. The maximum Gasteiger partial charge on any atom is 0.236 e. The molecule has 2 aromatic rings. The zero-order valence-electron chi connectivity index (χ0n) is 20.2. The number of aromatic nitrogens is 2. The van der Waals surface area contributed by atoms with Crippen LogP contribution in [0, 0.1) is 0 Å². The first-order valence-corrected chi connectivity index (χ1v) is 12.5. The van der Waals surface area contributed by atoms with Gasteiger partial charge in [-0.3, -0.25) is 14.5 Å². The molecule has 2 aliphatic rings. The van der Waals surface area contributed by atoms with Crippen molar-refractivity contribution in [2.45, 2.75) is 45.6 Å². The quantitative estimate of drug-likeness (QED) is 0.696. The van der Waals surface area contributed by atoms with Crippen LogP contribution in [-0.2, 0) is 16.1 Å². The fourth-order valence-corrected chi connectivity index (χ4v) is 4.85.